The average molecular weight is 184 g/mol. The van der Waals surface area contributed by atoms with Crippen LogP contribution in [0.25, 0.3) is 0 Å². The van der Waals surface area contributed by atoms with Crippen LogP contribution in [0.5, 0.6) is 0 Å². The number of hydrogen-bond donors (Lipinski definition) is 0. The first kappa shape index (κ1) is 11.8. The molecule has 0 aliphatic rings. The first-order valence-corrected chi connectivity index (χ1v) is 4.07. The molecule has 0 saturated heterocycles. The van der Waals surface area contributed by atoms with Crippen LogP contribution in [-0.2, 0) is 4.74 Å². The second-order valence-electron chi connectivity index (χ2n) is 3.12. The first-order valence-electron chi connectivity index (χ1n) is 4.07. The maximum Gasteiger partial charge on any atom is 0.522 e. The molecule has 0 rings (SSSR count). The molecule has 0 bridgehead atoms. The number of halogens is 3. The van der Waals surface area contributed by atoms with Gasteiger partial charge in [-0.15, -0.1) is 13.2 Å². The topological polar surface area (TPSA) is 9.23 Å². The second kappa shape index (κ2) is 4.70. The molecule has 2 atom stereocenters. The van der Waals surface area contributed by atoms with Gasteiger partial charge in [-0.05, 0) is 11.8 Å². The zero-order valence-electron chi connectivity index (χ0n) is 7.61. The summed E-state index contributed by atoms with van der Waals surface area (Å²) in [5.74, 6) is 0.226. The van der Waals surface area contributed by atoms with Gasteiger partial charge < -0.3 is 0 Å². The molecule has 0 N–H and O–H groups in total. The average Bonchev–Trinajstić information content (AvgIpc) is 1.97. The van der Waals surface area contributed by atoms with Crippen molar-refractivity contribution in [3.8, 4) is 0 Å². The Morgan fingerprint density at radius 1 is 1.17 bits per heavy atom. The summed E-state index contributed by atoms with van der Waals surface area (Å²) in [5.41, 5.74) is 0. The molecule has 0 aromatic heterocycles. The molecule has 4 heteroatoms. The van der Waals surface area contributed by atoms with E-state index in [1.54, 1.807) is 6.92 Å². The third kappa shape index (κ3) is 5.41. The van der Waals surface area contributed by atoms with Gasteiger partial charge in [-0.3, -0.25) is 4.74 Å². The summed E-state index contributed by atoms with van der Waals surface area (Å²) in [6, 6.07) is 0. The lowest BCUT2D eigenvalue weighted by Crippen LogP contribution is -2.21. The van der Waals surface area contributed by atoms with Gasteiger partial charge in [0.25, 0.3) is 0 Å². The van der Waals surface area contributed by atoms with Gasteiger partial charge in [0.15, 0.2) is 0 Å². The number of ether oxygens (including phenoxy) is 1. The number of alkyl halides is 3. The molecule has 0 aromatic rings. The van der Waals surface area contributed by atoms with Crippen LogP contribution in [0.2, 0.25) is 0 Å². The summed E-state index contributed by atoms with van der Waals surface area (Å²) in [7, 11) is 0. The fraction of sp³-hybridized carbons (Fsp3) is 1.00. The Labute approximate surface area is 70.9 Å². The molecule has 0 fully saturated rings. The quantitative estimate of drug-likeness (QED) is 0.651. The maximum atomic E-state index is 11.6. The summed E-state index contributed by atoms with van der Waals surface area (Å²) in [6.07, 6.45) is -3.61. The van der Waals surface area contributed by atoms with E-state index < -0.39 is 6.36 Å². The molecule has 0 aromatic carbocycles. The van der Waals surface area contributed by atoms with Crippen molar-refractivity contribution in [3.05, 3.63) is 0 Å². The summed E-state index contributed by atoms with van der Waals surface area (Å²) in [4.78, 5) is 0. The Bertz CT molecular complexity index is 122. The van der Waals surface area contributed by atoms with Gasteiger partial charge in [-0.2, -0.15) is 0 Å². The lowest BCUT2D eigenvalue weighted by atomic mass is 9.95. The maximum absolute atomic E-state index is 11.6. The molecule has 0 aliphatic carbocycles. The zero-order valence-corrected chi connectivity index (χ0v) is 7.61. The minimum absolute atomic E-state index is 0.0448. The molecule has 74 valence electrons. The molecule has 0 spiro atoms. The number of hydrogen-bond acceptors (Lipinski definition) is 1. The lowest BCUT2D eigenvalue weighted by molar-refractivity contribution is -0.329. The molecular weight excluding hydrogens is 169 g/mol. The van der Waals surface area contributed by atoms with Gasteiger partial charge in [0.1, 0.15) is 0 Å². The standard InChI is InChI=1S/C8H15F3O/c1-4-6(2)7(3)5-12-8(9,10)11/h6-7H,4-5H2,1-3H3/t6?,7-/m1/s1. The predicted molar refractivity (Wildman–Crippen MR) is 40.6 cm³/mol. The van der Waals surface area contributed by atoms with E-state index in [-0.39, 0.29) is 18.4 Å². The van der Waals surface area contributed by atoms with E-state index >= 15 is 0 Å². The van der Waals surface area contributed by atoms with E-state index in [2.05, 4.69) is 4.74 Å². The van der Waals surface area contributed by atoms with Crippen molar-refractivity contribution in [1.82, 2.24) is 0 Å². The fourth-order valence-corrected chi connectivity index (χ4v) is 0.793. The highest BCUT2D eigenvalue weighted by molar-refractivity contribution is 4.58. The van der Waals surface area contributed by atoms with Crippen LogP contribution >= 0.6 is 0 Å². The fourth-order valence-electron chi connectivity index (χ4n) is 0.793. The number of rotatable bonds is 4. The van der Waals surface area contributed by atoms with Gasteiger partial charge in [0, 0.05) is 0 Å². The highest BCUT2D eigenvalue weighted by Gasteiger charge is 2.30. The van der Waals surface area contributed by atoms with E-state index in [0.29, 0.717) is 0 Å². The zero-order chi connectivity index (χ0) is 9.78. The third-order valence-corrected chi connectivity index (χ3v) is 2.13. The summed E-state index contributed by atoms with van der Waals surface area (Å²) >= 11 is 0. The third-order valence-electron chi connectivity index (χ3n) is 2.13. The van der Waals surface area contributed by atoms with E-state index in [9.17, 15) is 13.2 Å². The highest BCUT2D eigenvalue weighted by atomic mass is 19.4. The van der Waals surface area contributed by atoms with Crippen LogP contribution in [0.15, 0.2) is 0 Å². The van der Waals surface area contributed by atoms with E-state index in [0.717, 1.165) is 6.42 Å². The Kier molecular flexibility index (Phi) is 4.60. The van der Waals surface area contributed by atoms with Gasteiger partial charge >= 0.3 is 6.36 Å². The van der Waals surface area contributed by atoms with Crippen LogP contribution in [0.4, 0.5) is 13.2 Å². The van der Waals surface area contributed by atoms with Crippen LogP contribution < -0.4 is 0 Å². The Hall–Kier alpha value is -0.250. The summed E-state index contributed by atoms with van der Waals surface area (Å²) < 4.78 is 38.4. The molecule has 12 heavy (non-hydrogen) atoms. The Balaban J connectivity index is 3.64. The molecule has 0 aliphatic heterocycles. The molecule has 0 amide bonds. The summed E-state index contributed by atoms with van der Waals surface area (Å²) in [5, 5.41) is 0. The van der Waals surface area contributed by atoms with E-state index in [4.69, 9.17) is 0 Å². The van der Waals surface area contributed by atoms with Gasteiger partial charge in [0.2, 0.25) is 0 Å². The minimum Gasteiger partial charge on any atom is -0.292 e. The van der Waals surface area contributed by atoms with Gasteiger partial charge in [-0.25, -0.2) is 0 Å². The van der Waals surface area contributed by atoms with Gasteiger partial charge in [-0.1, -0.05) is 27.2 Å². The normalized spacial score (nSPS) is 17.5. The van der Waals surface area contributed by atoms with E-state index in [1.807, 2.05) is 13.8 Å². The first-order chi connectivity index (χ1) is 5.37. The van der Waals surface area contributed by atoms with E-state index in [1.165, 1.54) is 0 Å². The largest absolute Gasteiger partial charge is 0.522 e. The second-order valence-corrected chi connectivity index (χ2v) is 3.12. The predicted octanol–water partition coefficient (Wildman–Crippen LogP) is 3.21. The van der Waals surface area contributed by atoms with Crippen molar-refractivity contribution in [3.63, 3.8) is 0 Å². The monoisotopic (exact) mass is 184 g/mol. The van der Waals surface area contributed by atoms with Crippen molar-refractivity contribution in [2.24, 2.45) is 11.8 Å². The van der Waals surface area contributed by atoms with Crippen molar-refractivity contribution in [2.75, 3.05) is 6.61 Å². The van der Waals surface area contributed by atoms with Crippen molar-refractivity contribution in [1.29, 1.82) is 0 Å². The molecular formula is C8H15F3O. The van der Waals surface area contributed by atoms with Crippen molar-refractivity contribution in [2.45, 2.75) is 33.6 Å². The molecule has 0 saturated carbocycles. The molecule has 0 radical (unpaired) electrons. The molecule has 0 heterocycles. The minimum atomic E-state index is -4.48. The molecule has 1 unspecified atom stereocenters. The highest BCUT2D eigenvalue weighted by Crippen LogP contribution is 2.21. The Morgan fingerprint density at radius 3 is 2.00 bits per heavy atom. The van der Waals surface area contributed by atoms with Crippen molar-refractivity contribution >= 4 is 0 Å². The van der Waals surface area contributed by atoms with Gasteiger partial charge in [0.05, 0.1) is 6.61 Å². The summed E-state index contributed by atoms with van der Waals surface area (Å²) in [6.45, 7) is 5.40. The van der Waals surface area contributed by atoms with Crippen LogP contribution in [0, 0.1) is 11.8 Å². The van der Waals surface area contributed by atoms with Crippen LogP contribution in [0.1, 0.15) is 27.2 Å². The van der Waals surface area contributed by atoms with Crippen molar-refractivity contribution < 1.29 is 17.9 Å². The lowest BCUT2D eigenvalue weighted by Gasteiger charge is -2.18. The van der Waals surface area contributed by atoms with Crippen LogP contribution in [0.3, 0.4) is 0 Å². The molecule has 1 nitrogen and oxygen atoms in total. The van der Waals surface area contributed by atoms with Crippen LogP contribution in [-0.4, -0.2) is 13.0 Å². The smallest absolute Gasteiger partial charge is 0.292 e. The Morgan fingerprint density at radius 2 is 1.67 bits per heavy atom. The SMILES string of the molecule is CCC(C)[C@H](C)COC(F)(F)F.